The molecule has 0 fully saturated rings. The minimum absolute atomic E-state index is 0.150. The highest BCUT2D eigenvalue weighted by Crippen LogP contribution is 2.14. The lowest BCUT2D eigenvalue weighted by Crippen LogP contribution is -2.20. The number of hydrogen-bond donors (Lipinski definition) is 0. The smallest absolute Gasteiger partial charge is 0.0589 e. The maximum absolute atomic E-state index is 5.99. The van der Waals surface area contributed by atoms with E-state index in [1.165, 1.54) is 19.3 Å². The van der Waals surface area contributed by atoms with Crippen LogP contribution in [0.4, 0.5) is 0 Å². The Bertz CT molecular complexity index is 235. The molecule has 0 aliphatic carbocycles. The number of hydrogen-bond acceptors (Lipinski definition) is 0. The predicted octanol–water partition coefficient (Wildman–Crippen LogP) is 2.70. The van der Waals surface area contributed by atoms with Gasteiger partial charge in [-0.05, 0) is 5.54 Å². The zero-order chi connectivity index (χ0) is 10.2. The number of halogens is 1. The second kappa shape index (κ2) is 7.08. The first kappa shape index (κ1) is 11.8. The molecule has 0 aliphatic rings. The largest absolute Gasteiger partial charge is 0.127 e. The molecule has 0 nitrogen and oxygen atoms in total. The minimum atomic E-state index is -0.150. The minimum Gasteiger partial charge on any atom is -0.127 e. The van der Waals surface area contributed by atoms with Crippen LogP contribution in [-0.2, 0) is 0 Å². The number of benzene rings is 1. The summed E-state index contributed by atoms with van der Waals surface area (Å²) in [6.07, 6.45) is 3.94. The van der Waals surface area contributed by atoms with E-state index in [0.29, 0.717) is 0 Å². The summed E-state index contributed by atoms with van der Waals surface area (Å²) in [6, 6.07) is 10.8. The first-order valence-electron chi connectivity index (χ1n) is 5.46. The third kappa shape index (κ3) is 4.29. The summed E-state index contributed by atoms with van der Waals surface area (Å²) in [4.78, 5) is 0. The molecule has 0 heterocycles. The molecule has 0 amide bonds. The van der Waals surface area contributed by atoms with Gasteiger partial charge in [-0.2, -0.15) is 0 Å². The van der Waals surface area contributed by atoms with Gasteiger partial charge in [-0.15, -0.1) is 11.6 Å². The Morgan fingerprint density at radius 2 is 2.00 bits per heavy atom. The topological polar surface area (TPSA) is 0 Å². The molecule has 78 valence electrons. The zero-order valence-corrected chi connectivity index (χ0v) is 11.0. The van der Waals surface area contributed by atoms with Crippen LogP contribution in [0.5, 0.6) is 0 Å². The average molecular weight is 227 g/mol. The quantitative estimate of drug-likeness (QED) is 0.517. The van der Waals surface area contributed by atoms with Crippen LogP contribution in [0.1, 0.15) is 26.2 Å². The van der Waals surface area contributed by atoms with Gasteiger partial charge in [-0.3, -0.25) is 0 Å². The van der Waals surface area contributed by atoms with E-state index in [2.05, 4.69) is 37.3 Å². The van der Waals surface area contributed by atoms with E-state index in [1.807, 2.05) is 0 Å². The Kier molecular flexibility index (Phi) is 5.96. The molecular formula is C12H19ClSi. The molecule has 0 radical (unpaired) electrons. The second-order valence-corrected chi connectivity index (χ2v) is 6.54. The van der Waals surface area contributed by atoms with E-state index in [9.17, 15) is 0 Å². The molecule has 0 aliphatic heterocycles. The predicted molar refractivity (Wildman–Crippen MR) is 68.6 cm³/mol. The number of unbranched alkanes of at least 4 members (excludes halogenated alkanes) is 1. The van der Waals surface area contributed by atoms with Crippen molar-refractivity contribution in [3.63, 3.8) is 0 Å². The molecule has 0 saturated heterocycles. The molecule has 0 aromatic heterocycles. The van der Waals surface area contributed by atoms with Gasteiger partial charge < -0.3 is 0 Å². The fourth-order valence-electron chi connectivity index (χ4n) is 1.67. The highest BCUT2D eigenvalue weighted by Gasteiger charge is 2.08. The maximum Gasteiger partial charge on any atom is 0.0589 e. The summed E-state index contributed by atoms with van der Waals surface area (Å²) in [6.45, 7) is 2.25. The summed E-state index contributed by atoms with van der Waals surface area (Å²) in [5.41, 5.74) is 0.791. The van der Waals surface area contributed by atoms with Gasteiger partial charge in [0.2, 0.25) is 0 Å². The van der Waals surface area contributed by atoms with Crippen LogP contribution in [0.3, 0.4) is 0 Å². The van der Waals surface area contributed by atoms with Gasteiger partial charge in [0.05, 0.1) is 9.52 Å². The van der Waals surface area contributed by atoms with Gasteiger partial charge in [0, 0.05) is 5.88 Å². The SMILES string of the molecule is CCCCC(CCl)[SiH2]c1ccccc1. The normalized spacial score (nSPS) is 13.6. The third-order valence-electron chi connectivity index (χ3n) is 2.55. The van der Waals surface area contributed by atoms with Gasteiger partial charge in [0.15, 0.2) is 0 Å². The molecule has 2 heteroatoms. The van der Waals surface area contributed by atoms with E-state index in [0.717, 1.165) is 11.4 Å². The Hall–Kier alpha value is -0.273. The van der Waals surface area contributed by atoms with Crippen LogP contribution in [-0.4, -0.2) is 15.4 Å². The van der Waals surface area contributed by atoms with Gasteiger partial charge in [-0.1, -0.05) is 61.7 Å². The van der Waals surface area contributed by atoms with Crippen molar-refractivity contribution in [2.24, 2.45) is 0 Å². The van der Waals surface area contributed by atoms with Crippen LogP contribution >= 0.6 is 11.6 Å². The first-order chi connectivity index (χ1) is 6.86. The molecule has 0 spiro atoms. The Morgan fingerprint density at radius 1 is 1.29 bits per heavy atom. The van der Waals surface area contributed by atoms with Crippen molar-refractivity contribution in [2.45, 2.75) is 31.7 Å². The van der Waals surface area contributed by atoms with Crippen LogP contribution in [0.15, 0.2) is 30.3 Å². The maximum atomic E-state index is 5.99. The van der Waals surface area contributed by atoms with Crippen molar-refractivity contribution < 1.29 is 0 Å². The fraction of sp³-hybridized carbons (Fsp3) is 0.500. The van der Waals surface area contributed by atoms with Crippen molar-refractivity contribution >= 4 is 26.3 Å². The molecule has 0 N–H and O–H groups in total. The van der Waals surface area contributed by atoms with Crippen LogP contribution in [0.2, 0.25) is 5.54 Å². The van der Waals surface area contributed by atoms with E-state index in [-0.39, 0.29) is 9.52 Å². The summed E-state index contributed by atoms with van der Waals surface area (Å²) < 4.78 is 0. The first-order valence-corrected chi connectivity index (χ1v) is 7.52. The van der Waals surface area contributed by atoms with Crippen molar-refractivity contribution in [2.75, 3.05) is 5.88 Å². The highest BCUT2D eigenvalue weighted by atomic mass is 35.5. The van der Waals surface area contributed by atoms with Crippen LogP contribution < -0.4 is 5.19 Å². The van der Waals surface area contributed by atoms with Crippen molar-refractivity contribution in [1.82, 2.24) is 0 Å². The number of rotatable bonds is 6. The molecule has 0 bridgehead atoms. The van der Waals surface area contributed by atoms with E-state index in [4.69, 9.17) is 11.6 Å². The Labute approximate surface area is 94.5 Å². The van der Waals surface area contributed by atoms with Gasteiger partial charge in [-0.25, -0.2) is 0 Å². The fourth-order valence-corrected chi connectivity index (χ4v) is 3.97. The van der Waals surface area contributed by atoms with E-state index < -0.39 is 0 Å². The van der Waals surface area contributed by atoms with Crippen molar-refractivity contribution in [3.05, 3.63) is 30.3 Å². The Balaban J connectivity index is 2.40. The molecule has 1 atom stereocenters. The lowest BCUT2D eigenvalue weighted by Gasteiger charge is -2.12. The zero-order valence-electron chi connectivity index (χ0n) is 8.88. The Morgan fingerprint density at radius 3 is 2.57 bits per heavy atom. The van der Waals surface area contributed by atoms with Crippen molar-refractivity contribution in [1.29, 1.82) is 0 Å². The summed E-state index contributed by atoms with van der Waals surface area (Å²) in [5, 5.41) is 1.55. The second-order valence-electron chi connectivity index (χ2n) is 3.85. The molecule has 1 rings (SSSR count). The third-order valence-corrected chi connectivity index (χ3v) is 5.57. The average Bonchev–Trinajstić information content (AvgIpc) is 2.25. The highest BCUT2D eigenvalue weighted by molar-refractivity contribution is 6.56. The van der Waals surface area contributed by atoms with Crippen LogP contribution in [0.25, 0.3) is 0 Å². The van der Waals surface area contributed by atoms with Crippen molar-refractivity contribution in [3.8, 4) is 0 Å². The molecular weight excluding hydrogens is 208 g/mol. The molecule has 1 unspecified atom stereocenters. The van der Waals surface area contributed by atoms with E-state index >= 15 is 0 Å². The molecule has 1 aromatic rings. The lowest BCUT2D eigenvalue weighted by molar-refractivity contribution is 0.701. The van der Waals surface area contributed by atoms with E-state index in [1.54, 1.807) is 5.19 Å². The lowest BCUT2D eigenvalue weighted by atomic mass is 10.2. The molecule has 0 saturated carbocycles. The van der Waals surface area contributed by atoms with Gasteiger partial charge in [0.25, 0.3) is 0 Å². The summed E-state index contributed by atoms with van der Waals surface area (Å²) >= 11 is 5.99. The monoisotopic (exact) mass is 226 g/mol. The van der Waals surface area contributed by atoms with Gasteiger partial charge in [0.1, 0.15) is 0 Å². The van der Waals surface area contributed by atoms with Crippen LogP contribution in [0, 0.1) is 0 Å². The number of alkyl halides is 1. The summed E-state index contributed by atoms with van der Waals surface area (Å²) in [7, 11) is -0.150. The molecule has 14 heavy (non-hydrogen) atoms. The standard InChI is InChI=1S/C12H19ClSi/c1-2-3-7-12(10-13)14-11-8-5-4-6-9-11/h4-6,8-9,12H,2-3,7,10,14H2,1H3. The summed E-state index contributed by atoms with van der Waals surface area (Å²) in [5.74, 6) is 0.848. The molecule has 1 aromatic carbocycles. The van der Waals surface area contributed by atoms with Gasteiger partial charge >= 0.3 is 0 Å².